The van der Waals surface area contributed by atoms with Gasteiger partial charge < -0.3 is 9.80 Å². The quantitative estimate of drug-likeness (QED) is 0.487. The highest BCUT2D eigenvalue weighted by molar-refractivity contribution is 5.62. The van der Waals surface area contributed by atoms with Crippen molar-refractivity contribution in [1.29, 1.82) is 0 Å². The fraction of sp³-hybridized carbons (Fsp3) is 0.455. The van der Waals surface area contributed by atoms with E-state index in [0.29, 0.717) is 0 Å². The van der Waals surface area contributed by atoms with Crippen molar-refractivity contribution in [2.75, 3.05) is 31.1 Å². The van der Waals surface area contributed by atoms with Crippen molar-refractivity contribution < 1.29 is 0 Å². The molecule has 2 rings (SSSR count). The lowest BCUT2D eigenvalue weighted by Gasteiger charge is -2.25. The SMILES string of the molecule is CCN(CC)CCCCCCN(c1ccccc1)c1ccccc1. The van der Waals surface area contributed by atoms with Crippen LogP contribution < -0.4 is 4.90 Å². The van der Waals surface area contributed by atoms with Crippen LogP contribution in [0.4, 0.5) is 11.4 Å². The van der Waals surface area contributed by atoms with Gasteiger partial charge >= 0.3 is 0 Å². The summed E-state index contributed by atoms with van der Waals surface area (Å²) in [5, 5.41) is 0. The number of benzene rings is 2. The predicted molar refractivity (Wildman–Crippen MR) is 106 cm³/mol. The Balaban J connectivity index is 1.82. The zero-order valence-corrected chi connectivity index (χ0v) is 15.3. The Morgan fingerprint density at radius 3 is 1.50 bits per heavy atom. The van der Waals surface area contributed by atoms with Crippen LogP contribution in [0.15, 0.2) is 60.7 Å². The molecule has 24 heavy (non-hydrogen) atoms. The van der Waals surface area contributed by atoms with E-state index in [1.165, 1.54) is 56.7 Å². The second kappa shape index (κ2) is 10.9. The highest BCUT2D eigenvalue weighted by Crippen LogP contribution is 2.25. The van der Waals surface area contributed by atoms with E-state index in [2.05, 4.69) is 84.3 Å². The first-order valence-corrected chi connectivity index (χ1v) is 9.45. The van der Waals surface area contributed by atoms with Crippen LogP contribution in [0, 0.1) is 0 Å². The molecule has 0 aromatic heterocycles. The van der Waals surface area contributed by atoms with Crippen LogP contribution in [0.5, 0.6) is 0 Å². The smallest absolute Gasteiger partial charge is 0.0410 e. The molecule has 0 aliphatic heterocycles. The maximum Gasteiger partial charge on any atom is 0.0410 e. The van der Waals surface area contributed by atoms with Gasteiger partial charge in [-0.3, -0.25) is 0 Å². The lowest BCUT2D eigenvalue weighted by Crippen LogP contribution is -2.24. The van der Waals surface area contributed by atoms with Gasteiger partial charge in [-0.1, -0.05) is 63.1 Å². The topological polar surface area (TPSA) is 6.48 Å². The van der Waals surface area contributed by atoms with E-state index < -0.39 is 0 Å². The predicted octanol–water partition coefficient (Wildman–Crippen LogP) is 5.73. The van der Waals surface area contributed by atoms with Crippen LogP contribution in [0.2, 0.25) is 0 Å². The van der Waals surface area contributed by atoms with Crippen molar-refractivity contribution in [2.24, 2.45) is 0 Å². The van der Waals surface area contributed by atoms with Gasteiger partial charge in [0, 0.05) is 17.9 Å². The molecule has 2 nitrogen and oxygen atoms in total. The molecule has 2 aromatic rings. The number of hydrogen-bond acceptors (Lipinski definition) is 2. The number of para-hydroxylation sites is 2. The molecule has 0 spiro atoms. The zero-order chi connectivity index (χ0) is 17.0. The summed E-state index contributed by atoms with van der Waals surface area (Å²) in [6, 6.07) is 21.5. The van der Waals surface area contributed by atoms with Crippen LogP contribution in [-0.4, -0.2) is 31.1 Å². The highest BCUT2D eigenvalue weighted by Gasteiger charge is 2.08. The normalized spacial score (nSPS) is 11.0. The summed E-state index contributed by atoms with van der Waals surface area (Å²) in [5.74, 6) is 0. The molecule has 0 amide bonds. The molecular formula is C22H32N2. The summed E-state index contributed by atoms with van der Waals surface area (Å²) in [6.07, 6.45) is 5.19. The molecule has 130 valence electrons. The van der Waals surface area contributed by atoms with Crippen molar-refractivity contribution in [3.05, 3.63) is 60.7 Å². The maximum absolute atomic E-state index is 2.51. The van der Waals surface area contributed by atoms with Crippen LogP contribution in [-0.2, 0) is 0 Å². The number of anilines is 2. The van der Waals surface area contributed by atoms with Gasteiger partial charge in [0.15, 0.2) is 0 Å². The third-order valence-electron chi connectivity index (χ3n) is 4.64. The fourth-order valence-corrected chi connectivity index (χ4v) is 3.12. The van der Waals surface area contributed by atoms with Gasteiger partial charge in [0.2, 0.25) is 0 Å². The average Bonchev–Trinajstić information content (AvgIpc) is 2.66. The molecule has 0 fully saturated rings. The maximum atomic E-state index is 2.51. The van der Waals surface area contributed by atoms with Gasteiger partial charge in [-0.2, -0.15) is 0 Å². The minimum Gasteiger partial charge on any atom is -0.341 e. The minimum atomic E-state index is 1.08. The summed E-state index contributed by atoms with van der Waals surface area (Å²) < 4.78 is 0. The lowest BCUT2D eigenvalue weighted by atomic mass is 10.1. The van der Waals surface area contributed by atoms with E-state index in [-0.39, 0.29) is 0 Å². The Morgan fingerprint density at radius 2 is 1.04 bits per heavy atom. The van der Waals surface area contributed by atoms with E-state index in [1.54, 1.807) is 0 Å². The molecule has 0 N–H and O–H groups in total. The van der Waals surface area contributed by atoms with Gasteiger partial charge in [-0.05, 0) is 56.7 Å². The van der Waals surface area contributed by atoms with E-state index in [0.717, 1.165) is 6.54 Å². The van der Waals surface area contributed by atoms with Crippen molar-refractivity contribution in [1.82, 2.24) is 4.90 Å². The molecule has 0 aliphatic rings. The van der Waals surface area contributed by atoms with Gasteiger partial charge in [0.25, 0.3) is 0 Å². The van der Waals surface area contributed by atoms with Gasteiger partial charge in [0.05, 0.1) is 0 Å². The largest absolute Gasteiger partial charge is 0.341 e. The third kappa shape index (κ3) is 6.01. The summed E-state index contributed by atoms with van der Waals surface area (Å²) in [4.78, 5) is 4.95. The minimum absolute atomic E-state index is 1.08. The molecule has 0 radical (unpaired) electrons. The molecule has 0 saturated carbocycles. The number of nitrogens with zero attached hydrogens (tertiary/aromatic N) is 2. The van der Waals surface area contributed by atoms with E-state index in [1.807, 2.05) is 0 Å². The van der Waals surface area contributed by atoms with Gasteiger partial charge in [0.1, 0.15) is 0 Å². The highest BCUT2D eigenvalue weighted by atomic mass is 15.1. The molecule has 0 aliphatic carbocycles. The van der Waals surface area contributed by atoms with E-state index in [4.69, 9.17) is 0 Å². The lowest BCUT2D eigenvalue weighted by molar-refractivity contribution is 0.295. The average molecular weight is 325 g/mol. The first-order valence-electron chi connectivity index (χ1n) is 9.45. The second-order valence-corrected chi connectivity index (χ2v) is 6.26. The van der Waals surface area contributed by atoms with Crippen LogP contribution in [0.3, 0.4) is 0 Å². The number of hydrogen-bond donors (Lipinski definition) is 0. The molecule has 0 atom stereocenters. The first kappa shape index (κ1) is 18.5. The van der Waals surface area contributed by atoms with Crippen molar-refractivity contribution in [3.63, 3.8) is 0 Å². The Morgan fingerprint density at radius 1 is 0.583 bits per heavy atom. The number of rotatable bonds is 11. The monoisotopic (exact) mass is 324 g/mol. The number of unbranched alkanes of at least 4 members (excludes halogenated alkanes) is 3. The molecule has 0 unspecified atom stereocenters. The Bertz CT molecular complexity index is 495. The molecular weight excluding hydrogens is 292 g/mol. The van der Waals surface area contributed by atoms with Crippen LogP contribution in [0.25, 0.3) is 0 Å². The van der Waals surface area contributed by atoms with E-state index in [9.17, 15) is 0 Å². The second-order valence-electron chi connectivity index (χ2n) is 6.26. The van der Waals surface area contributed by atoms with Crippen LogP contribution in [0.1, 0.15) is 39.5 Å². The molecule has 0 bridgehead atoms. The summed E-state index contributed by atoms with van der Waals surface area (Å²) in [6.45, 7) is 9.17. The van der Waals surface area contributed by atoms with Crippen molar-refractivity contribution in [3.8, 4) is 0 Å². The standard InChI is InChI=1S/C22H32N2/c1-3-23(4-2)19-13-5-6-14-20-24(21-15-9-7-10-16-21)22-17-11-8-12-18-22/h7-12,15-18H,3-6,13-14,19-20H2,1-2H3. The third-order valence-corrected chi connectivity index (χ3v) is 4.64. The van der Waals surface area contributed by atoms with Gasteiger partial charge in [-0.15, -0.1) is 0 Å². The van der Waals surface area contributed by atoms with Crippen molar-refractivity contribution in [2.45, 2.75) is 39.5 Å². The van der Waals surface area contributed by atoms with Crippen LogP contribution >= 0.6 is 0 Å². The Kier molecular flexibility index (Phi) is 8.40. The Labute approximate surface area is 148 Å². The fourth-order valence-electron chi connectivity index (χ4n) is 3.12. The summed E-state index contributed by atoms with van der Waals surface area (Å²) in [7, 11) is 0. The Hall–Kier alpha value is -1.80. The molecule has 2 heteroatoms. The van der Waals surface area contributed by atoms with Gasteiger partial charge in [-0.25, -0.2) is 0 Å². The summed E-state index contributed by atoms with van der Waals surface area (Å²) in [5.41, 5.74) is 2.57. The van der Waals surface area contributed by atoms with E-state index >= 15 is 0 Å². The molecule has 0 heterocycles. The molecule has 0 saturated heterocycles. The van der Waals surface area contributed by atoms with Crippen molar-refractivity contribution >= 4 is 11.4 Å². The molecule has 2 aromatic carbocycles. The first-order chi connectivity index (χ1) is 11.8. The summed E-state index contributed by atoms with van der Waals surface area (Å²) >= 11 is 0. The zero-order valence-electron chi connectivity index (χ0n) is 15.3.